The molecule has 3 nitrogen and oxygen atoms in total. The summed E-state index contributed by atoms with van der Waals surface area (Å²) in [6, 6.07) is 6.16. The Labute approximate surface area is 116 Å². The molecule has 0 fully saturated rings. The first-order chi connectivity index (χ1) is 9.11. The number of nitrogens with zero attached hydrogens (tertiary/aromatic N) is 2. The van der Waals surface area contributed by atoms with Gasteiger partial charge in [-0.25, -0.2) is 14.4 Å². The van der Waals surface area contributed by atoms with Crippen LogP contribution in [0.1, 0.15) is 30.0 Å². The summed E-state index contributed by atoms with van der Waals surface area (Å²) in [5.74, 6) is 0.324. The number of nitrogens with one attached hydrogen (secondary N) is 1. The lowest BCUT2D eigenvalue weighted by Crippen LogP contribution is -2.24. The Morgan fingerprint density at radius 3 is 2.79 bits per heavy atom. The lowest BCUT2D eigenvalue weighted by molar-refractivity contribution is 0.550. The first-order valence-corrected chi connectivity index (χ1v) is 6.47. The van der Waals surface area contributed by atoms with Crippen molar-refractivity contribution in [2.75, 3.05) is 6.54 Å². The van der Waals surface area contributed by atoms with Crippen LogP contribution >= 0.6 is 11.6 Å². The predicted octanol–water partition coefficient (Wildman–Crippen LogP) is 3.28. The van der Waals surface area contributed by atoms with E-state index in [2.05, 4.69) is 15.3 Å². The molecular weight excluding hydrogens is 265 g/mol. The summed E-state index contributed by atoms with van der Waals surface area (Å²) < 4.78 is 14.0. The van der Waals surface area contributed by atoms with E-state index < -0.39 is 0 Å². The zero-order valence-electron chi connectivity index (χ0n) is 10.8. The van der Waals surface area contributed by atoms with Crippen LogP contribution < -0.4 is 5.32 Å². The van der Waals surface area contributed by atoms with E-state index in [-0.39, 0.29) is 11.9 Å². The van der Waals surface area contributed by atoms with Crippen LogP contribution in [0.3, 0.4) is 0 Å². The number of halogens is 2. The monoisotopic (exact) mass is 279 g/mol. The minimum absolute atomic E-state index is 0.302. The molecule has 2 rings (SSSR count). The molecule has 0 saturated carbocycles. The van der Waals surface area contributed by atoms with Crippen molar-refractivity contribution in [2.45, 2.75) is 19.9 Å². The molecular formula is C14H15ClFN3. The second-order valence-corrected chi connectivity index (χ2v) is 4.62. The normalized spacial score (nSPS) is 12.4. The molecule has 2 aromatic rings. The topological polar surface area (TPSA) is 37.8 Å². The number of aromatic nitrogens is 2. The van der Waals surface area contributed by atoms with Gasteiger partial charge in [0.25, 0.3) is 0 Å². The van der Waals surface area contributed by atoms with E-state index in [0.717, 1.165) is 5.69 Å². The van der Waals surface area contributed by atoms with E-state index in [4.69, 9.17) is 11.6 Å². The highest BCUT2D eigenvalue weighted by molar-refractivity contribution is 6.30. The number of hydrogen-bond donors (Lipinski definition) is 1. The third-order valence-electron chi connectivity index (χ3n) is 2.78. The summed E-state index contributed by atoms with van der Waals surface area (Å²) in [5.41, 5.74) is 1.28. The number of aryl methyl sites for hydroxylation is 1. The summed E-state index contributed by atoms with van der Waals surface area (Å²) >= 11 is 5.78. The van der Waals surface area contributed by atoms with Crippen molar-refractivity contribution in [2.24, 2.45) is 0 Å². The van der Waals surface area contributed by atoms with Crippen molar-refractivity contribution in [3.8, 4) is 0 Å². The van der Waals surface area contributed by atoms with Gasteiger partial charge >= 0.3 is 0 Å². The Bertz CT molecular complexity index is 574. The Morgan fingerprint density at radius 2 is 2.16 bits per heavy atom. The van der Waals surface area contributed by atoms with Crippen LogP contribution in [0.25, 0.3) is 0 Å². The van der Waals surface area contributed by atoms with Crippen LogP contribution in [0.2, 0.25) is 5.02 Å². The second kappa shape index (κ2) is 6.08. The number of benzene rings is 1. The zero-order valence-corrected chi connectivity index (χ0v) is 11.6. The van der Waals surface area contributed by atoms with Gasteiger partial charge in [0.15, 0.2) is 0 Å². The van der Waals surface area contributed by atoms with Crippen molar-refractivity contribution >= 4 is 11.6 Å². The van der Waals surface area contributed by atoms with Crippen LogP contribution in [0.5, 0.6) is 0 Å². The Hall–Kier alpha value is -1.52. The van der Waals surface area contributed by atoms with Crippen molar-refractivity contribution in [3.63, 3.8) is 0 Å². The van der Waals surface area contributed by atoms with Gasteiger partial charge in [-0.05, 0) is 31.7 Å². The first-order valence-electron chi connectivity index (χ1n) is 6.09. The van der Waals surface area contributed by atoms with Gasteiger partial charge in [0.2, 0.25) is 0 Å². The average molecular weight is 280 g/mol. The van der Waals surface area contributed by atoms with Crippen LogP contribution in [0.15, 0.2) is 30.5 Å². The molecule has 19 heavy (non-hydrogen) atoms. The van der Waals surface area contributed by atoms with E-state index in [9.17, 15) is 4.39 Å². The first kappa shape index (κ1) is 13.9. The SMILES string of the molecule is CCNC(c1ccnc(C)n1)c1ccc(Cl)cc1F. The van der Waals surface area contributed by atoms with Gasteiger partial charge in [-0.3, -0.25) is 0 Å². The molecule has 0 bridgehead atoms. The maximum absolute atomic E-state index is 14.0. The molecule has 1 aromatic carbocycles. The molecule has 0 radical (unpaired) electrons. The van der Waals surface area contributed by atoms with E-state index in [1.807, 2.05) is 13.8 Å². The third-order valence-corrected chi connectivity index (χ3v) is 3.01. The van der Waals surface area contributed by atoms with Crippen LogP contribution in [0, 0.1) is 12.7 Å². The average Bonchev–Trinajstić information content (AvgIpc) is 2.37. The maximum atomic E-state index is 14.0. The lowest BCUT2D eigenvalue weighted by Gasteiger charge is -2.18. The Balaban J connectivity index is 2.45. The zero-order chi connectivity index (χ0) is 13.8. The van der Waals surface area contributed by atoms with Gasteiger partial charge < -0.3 is 5.32 Å². The van der Waals surface area contributed by atoms with E-state index >= 15 is 0 Å². The van der Waals surface area contributed by atoms with E-state index in [0.29, 0.717) is 23.0 Å². The molecule has 1 aromatic heterocycles. The minimum Gasteiger partial charge on any atom is -0.305 e. The molecule has 0 spiro atoms. The van der Waals surface area contributed by atoms with Gasteiger partial charge in [-0.2, -0.15) is 0 Å². The van der Waals surface area contributed by atoms with Crippen LogP contribution in [0.4, 0.5) is 4.39 Å². The molecule has 0 amide bonds. The summed E-state index contributed by atoms with van der Waals surface area (Å²) in [6.07, 6.45) is 1.68. The van der Waals surface area contributed by atoms with E-state index in [1.54, 1.807) is 24.4 Å². The molecule has 0 aliphatic rings. The molecule has 1 unspecified atom stereocenters. The minimum atomic E-state index is -0.338. The summed E-state index contributed by atoms with van der Waals surface area (Å²) in [7, 11) is 0. The molecule has 0 aliphatic heterocycles. The molecule has 5 heteroatoms. The van der Waals surface area contributed by atoms with Gasteiger partial charge in [-0.15, -0.1) is 0 Å². The molecule has 1 N–H and O–H groups in total. The van der Waals surface area contributed by atoms with Crippen LogP contribution in [-0.2, 0) is 0 Å². The van der Waals surface area contributed by atoms with Gasteiger partial charge in [-0.1, -0.05) is 24.6 Å². The van der Waals surface area contributed by atoms with Crippen molar-refractivity contribution in [1.29, 1.82) is 0 Å². The van der Waals surface area contributed by atoms with Crippen LogP contribution in [-0.4, -0.2) is 16.5 Å². The third kappa shape index (κ3) is 3.28. The Kier molecular flexibility index (Phi) is 4.45. The summed E-state index contributed by atoms with van der Waals surface area (Å²) in [5, 5.41) is 3.61. The van der Waals surface area contributed by atoms with Crippen molar-refractivity contribution < 1.29 is 4.39 Å². The highest BCUT2D eigenvalue weighted by Crippen LogP contribution is 2.25. The molecule has 0 aliphatic carbocycles. The predicted molar refractivity (Wildman–Crippen MR) is 73.7 cm³/mol. The highest BCUT2D eigenvalue weighted by atomic mass is 35.5. The maximum Gasteiger partial charge on any atom is 0.129 e. The molecule has 0 saturated heterocycles. The fourth-order valence-corrected chi connectivity index (χ4v) is 2.11. The quantitative estimate of drug-likeness (QED) is 0.933. The standard InChI is InChI=1S/C14H15ClFN3/c1-3-17-14(13-6-7-18-9(2)19-13)11-5-4-10(15)8-12(11)16/h4-8,14,17H,3H2,1-2H3. The summed E-state index contributed by atoms with van der Waals surface area (Å²) in [6.45, 7) is 4.48. The van der Waals surface area contributed by atoms with E-state index in [1.165, 1.54) is 6.07 Å². The lowest BCUT2D eigenvalue weighted by atomic mass is 10.0. The largest absolute Gasteiger partial charge is 0.305 e. The van der Waals surface area contributed by atoms with Crippen molar-refractivity contribution in [3.05, 3.63) is 58.4 Å². The molecule has 100 valence electrons. The summed E-state index contributed by atoms with van der Waals surface area (Å²) in [4.78, 5) is 8.42. The second-order valence-electron chi connectivity index (χ2n) is 4.19. The fraction of sp³-hybridized carbons (Fsp3) is 0.286. The van der Waals surface area contributed by atoms with Crippen molar-refractivity contribution in [1.82, 2.24) is 15.3 Å². The molecule has 1 atom stereocenters. The fourth-order valence-electron chi connectivity index (χ4n) is 1.95. The smallest absolute Gasteiger partial charge is 0.129 e. The number of rotatable bonds is 4. The number of hydrogen-bond acceptors (Lipinski definition) is 3. The molecule has 1 heterocycles. The highest BCUT2D eigenvalue weighted by Gasteiger charge is 2.18. The van der Waals surface area contributed by atoms with Gasteiger partial charge in [0.05, 0.1) is 11.7 Å². The van der Waals surface area contributed by atoms with Gasteiger partial charge in [0, 0.05) is 16.8 Å². The Morgan fingerprint density at radius 1 is 1.37 bits per heavy atom. The van der Waals surface area contributed by atoms with Gasteiger partial charge in [0.1, 0.15) is 11.6 Å².